The van der Waals surface area contributed by atoms with Gasteiger partial charge in [0.1, 0.15) is 6.54 Å². The molecular formula is C19H21N5O2S. The Kier molecular flexibility index (Phi) is 5.97. The average Bonchev–Trinajstić information content (AvgIpc) is 3.01. The lowest BCUT2D eigenvalue weighted by Crippen LogP contribution is -2.27. The fraction of sp³-hybridized carbons (Fsp3) is 0.263. The number of rotatable bonds is 7. The summed E-state index contributed by atoms with van der Waals surface area (Å²) < 4.78 is 7.47. The van der Waals surface area contributed by atoms with Crippen LogP contribution in [0.1, 0.15) is 18.1 Å². The highest BCUT2D eigenvalue weighted by Crippen LogP contribution is 2.18. The van der Waals surface area contributed by atoms with E-state index in [1.165, 1.54) is 0 Å². The van der Waals surface area contributed by atoms with Crippen LogP contribution in [0.15, 0.2) is 42.6 Å². The first-order valence-corrected chi connectivity index (χ1v) is 9.04. The van der Waals surface area contributed by atoms with Crippen LogP contribution in [0.2, 0.25) is 0 Å². The summed E-state index contributed by atoms with van der Waals surface area (Å²) in [5, 5.41) is 9.93. The topological polar surface area (TPSA) is 84.8 Å². The van der Waals surface area contributed by atoms with Gasteiger partial charge in [-0.1, -0.05) is 23.8 Å². The van der Waals surface area contributed by atoms with Crippen LogP contribution in [0, 0.1) is 11.7 Å². The van der Waals surface area contributed by atoms with E-state index < -0.39 is 0 Å². The van der Waals surface area contributed by atoms with Gasteiger partial charge >= 0.3 is 0 Å². The Labute approximate surface area is 162 Å². The Hall–Kier alpha value is -3.00. The number of nitrogens with zero attached hydrogens (tertiary/aromatic N) is 3. The van der Waals surface area contributed by atoms with E-state index in [0.29, 0.717) is 29.6 Å². The number of nitrogens with one attached hydrogen (secondary N) is 2. The van der Waals surface area contributed by atoms with Gasteiger partial charge in [-0.3, -0.25) is 14.5 Å². The van der Waals surface area contributed by atoms with Crippen molar-refractivity contribution in [3.8, 4) is 17.3 Å². The summed E-state index contributed by atoms with van der Waals surface area (Å²) in [7, 11) is 0. The Balaban J connectivity index is 1.69. The molecule has 1 aromatic carbocycles. The van der Waals surface area contributed by atoms with E-state index in [9.17, 15) is 4.79 Å². The van der Waals surface area contributed by atoms with Crippen molar-refractivity contribution in [3.05, 3.63) is 58.5 Å². The van der Waals surface area contributed by atoms with Gasteiger partial charge in [0.25, 0.3) is 0 Å². The highest BCUT2D eigenvalue weighted by atomic mass is 32.1. The molecule has 2 aromatic heterocycles. The van der Waals surface area contributed by atoms with E-state index in [4.69, 9.17) is 17.0 Å². The fourth-order valence-electron chi connectivity index (χ4n) is 2.66. The van der Waals surface area contributed by atoms with E-state index >= 15 is 0 Å². The number of hydrogen-bond acceptors (Lipinski definition) is 5. The first kappa shape index (κ1) is 18.8. The number of benzene rings is 1. The zero-order valence-electron chi connectivity index (χ0n) is 15.2. The summed E-state index contributed by atoms with van der Waals surface area (Å²) in [5.41, 5.74) is 2.93. The van der Waals surface area contributed by atoms with Gasteiger partial charge in [0.2, 0.25) is 11.8 Å². The van der Waals surface area contributed by atoms with E-state index in [2.05, 4.69) is 20.5 Å². The smallest absolute Gasteiger partial charge is 0.240 e. The van der Waals surface area contributed by atoms with Crippen LogP contribution in [0.25, 0.3) is 11.4 Å². The molecule has 0 aliphatic rings. The number of hydrogen-bond donors (Lipinski definition) is 2. The molecule has 1 amide bonds. The maximum atomic E-state index is 12.4. The van der Waals surface area contributed by atoms with Crippen LogP contribution in [-0.2, 0) is 17.9 Å². The van der Waals surface area contributed by atoms with Crippen LogP contribution in [0.4, 0.5) is 0 Å². The minimum atomic E-state index is -0.156. The standard InChI is InChI=1S/C19H21N5O2S/c1-3-26-17-10-14(7-8-20-17)11-21-16(25)12-24-18(22-23-19(24)27)15-6-4-5-13(2)9-15/h4-10H,3,11-12H2,1-2H3,(H,21,25)(H,23,27). The SMILES string of the molecule is CCOc1cc(CNC(=O)Cn2c(-c3cccc(C)c3)n[nH]c2=S)ccn1. The van der Waals surface area contributed by atoms with Gasteiger partial charge in [0.15, 0.2) is 10.6 Å². The number of amides is 1. The molecule has 0 saturated heterocycles. The number of aromatic nitrogens is 4. The molecule has 3 rings (SSSR count). The molecule has 0 atom stereocenters. The molecule has 0 aliphatic heterocycles. The summed E-state index contributed by atoms with van der Waals surface area (Å²) in [6.45, 7) is 4.92. The molecule has 140 valence electrons. The summed E-state index contributed by atoms with van der Waals surface area (Å²) in [6.07, 6.45) is 1.66. The molecule has 3 aromatic rings. The molecule has 0 bridgehead atoms. The molecule has 0 aliphatic carbocycles. The predicted octanol–water partition coefficient (Wildman–Crippen LogP) is 3.03. The van der Waals surface area contributed by atoms with Crippen LogP contribution in [0.5, 0.6) is 5.88 Å². The van der Waals surface area contributed by atoms with Gasteiger partial charge in [-0.2, -0.15) is 5.10 Å². The van der Waals surface area contributed by atoms with E-state index in [-0.39, 0.29) is 12.5 Å². The number of pyridine rings is 1. The lowest BCUT2D eigenvalue weighted by Gasteiger charge is -2.09. The van der Waals surface area contributed by atoms with Crippen LogP contribution >= 0.6 is 12.2 Å². The third-order valence-electron chi connectivity index (χ3n) is 3.92. The van der Waals surface area contributed by atoms with Crippen molar-refractivity contribution in [1.29, 1.82) is 0 Å². The Morgan fingerprint density at radius 2 is 2.19 bits per heavy atom. The second kappa shape index (κ2) is 8.59. The highest BCUT2D eigenvalue weighted by molar-refractivity contribution is 7.71. The van der Waals surface area contributed by atoms with Crippen molar-refractivity contribution in [1.82, 2.24) is 25.1 Å². The molecule has 0 radical (unpaired) electrons. The molecule has 27 heavy (non-hydrogen) atoms. The zero-order valence-corrected chi connectivity index (χ0v) is 16.0. The highest BCUT2D eigenvalue weighted by Gasteiger charge is 2.12. The van der Waals surface area contributed by atoms with Gasteiger partial charge in [0, 0.05) is 24.4 Å². The first-order chi connectivity index (χ1) is 13.1. The lowest BCUT2D eigenvalue weighted by atomic mass is 10.1. The molecule has 0 spiro atoms. The third-order valence-corrected chi connectivity index (χ3v) is 4.23. The van der Waals surface area contributed by atoms with Crippen molar-refractivity contribution in [2.45, 2.75) is 26.9 Å². The first-order valence-electron chi connectivity index (χ1n) is 8.63. The van der Waals surface area contributed by atoms with Crippen molar-refractivity contribution in [3.63, 3.8) is 0 Å². The van der Waals surface area contributed by atoms with Gasteiger partial charge in [0.05, 0.1) is 6.61 Å². The molecule has 8 heteroatoms. The number of carbonyl (C=O) groups excluding carboxylic acids is 1. The van der Waals surface area contributed by atoms with Crippen LogP contribution in [0.3, 0.4) is 0 Å². The zero-order chi connectivity index (χ0) is 19.2. The van der Waals surface area contributed by atoms with Crippen LogP contribution in [-0.4, -0.2) is 32.3 Å². The molecular weight excluding hydrogens is 362 g/mol. The summed E-state index contributed by atoms with van der Waals surface area (Å²) in [4.78, 5) is 16.5. The van der Waals surface area contributed by atoms with Gasteiger partial charge in [-0.15, -0.1) is 0 Å². The van der Waals surface area contributed by atoms with Gasteiger partial charge in [-0.05, 0) is 43.8 Å². The third kappa shape index (κ3) is 4.79. The van der Waals surface area contributed by atoms with Crippen molar-refractivity contribution in [2.24, 2.45) is 0 Å². The van der Waals surface area contributed by atoms with Gasteiger partial charge < -0.3 is 10.1 Å². The monoisotopic (exact) mass is 383 g/mol. The second-order valence-corrected chi connectivity index (χ2v) is 6.41. The van der Waals surface area contributed by atoms with E-state index in [1.54, 1.807) is 10.8 Å². The Morgan fingerprint density at radius 1 is 1.33 bits per heavy atom. The fourth-order valence-corrected chi connectivity index (χ4v) is 2.85. The van der Waals surface area contributed by atoms with Crippen molar-refractivity contribution in [2.75, 3.05) is 6.61 Å². The molecule has 0 saturated carbocycles. The predicted molar refractivity (Wildman–Crippen MR) is 105 cm³/mol. The summed E-state index contributed by atoms with van der Waals surface area (Å²) >= 11 is 5.29. The Morgan fingerprint density at radius 3 is 2.96 bits per heavy atom. The molecule has 0 unspecified atom stereocenters. The van der Waals surface area contributed by atoms with Crippen LogP contribution < -0.4 is 10.1 Å². The Bertz CT molecular complexity index is 996. The van der Waals surface area contributed by atoms with E-state index in [1.807, 2.05) is 50.2 Å². The van der Waals surface area contributed by atoms with Gasteiger partial charge in [-0.25, -0.2) is 4.98 Å². The largest absolute Gasteiger partial charge is 0.478 e. The minimum Gasteiger partial charge on any atom is -0.478 e. The normalized spacial score (nSPS) is 10.6. The number of ether oxygens (including phenoxy) is 1. The minimum absolute atomic E-state index is 0.0853. The maximum absolute atomic E-state index is 12.4. The second-order valence-electron chi connectivity index (χ2n) is 6.02. The molecule has 2 heterocycles. The van der Waals surface area contributed by atoms with Crippen molar-refractivity contribution >= 4 is 18.1 Å². The summed E-state index contributed by atoms with van der Waals surface area (Å²) in [5.74, 6) is 1.03. The average molecular weight is 383 g/mol. The number of aromatic amines is 1. The molecule has 7 nitrogen and oxygen atoms in total. The van der Waals surface area contributed by atoms with Crippen molar-refractivity contribution < 1.29 is 9.53 Å². The number of aryl methyl sites for hydroxylation is 1. The quantitative estimate of drug-likeness (QED) is 0.613. The van der Waals surface area contributed by atoms with E-state index in [0.717, 1.165) is 16.7 Å². The summed E-state index contributed by atoms with van der Waals surface area (Å²) in [6, 6.07) is 11.6. The number of carbonyl (C=O) groups is 1. The number of H-pyrrole nitrogens is 1. The molecule has 0 fully saturated rings. The maximum Gasteiger partial charge on any atom is 0.240 e. The lowest BCUT2D eigenvalue weighted by molar-refractivity contribution is -0.121. The molecule has 2 N–H and O–H groups in total.